The topological polar surface area (TPSA) is 71.1 Å². The molecule has 0 radical (unpaired) electrons. The SMILES string of the molecule is CCOP(=O)(Cc1cc(OC)c(CP(C)(C)=O)cc1OC)OCC. The summed E-state index contributed by atoms with van der Waals surface area (Å²) in [6.07, 6.45) is 0.492. The van der Waals surface area contributed by atoms with Crippen molar-refractivity contribution in [2.75, 3.05) is 40.8 Å². The molecule has 0 fully saturated rings. The fourth-order valence-electron chi connectivity index (χ4n) is 2.41. The third-order valence-electron chi connectivity index (χ3n) is 3.25. The molecule has 1 aromatic rings. The molecular weight excluding hydrogens is 350 g/mol. The van der Waals surface area contributed by atoms with E-state index in [0.29, 0.717) is 36.4 Å². The fraction of sp³-hybridized carbons (Fsp3) is 0.625. The monoisotopic (exact) mass is 378 g/mol. The van der Waals surface area contributed by atoms with Crippen molar-refractivity contribution in [2.24, 2.45) is 0 Å². The first-order valence-corrected chi connectivity index (χ1v) is 12.3. The van der Waals surface area contributed by atoms with Gasteiger partial charge in [-0.1, -0.05) is 0 Å². The molecule has 0 aliphatic heterocycles. The van der Waals surface area contributed by atoms with E-state index in [-0.39, 0.29) is 6.16 Å². The summed E-state index contributed by atoms with van der Waals surface area (Å²) in [4.78, 5) is 0. The van der Waals surface area contributed by atoms with E-state index in [1.165, 1.54) is 0 Å². The highest BCUT2D eigenvalue weighted by atomic mass is 31.2. The smallest absolute Gasteiger partial charge is 0.335 e. The second kappa shape index (κ2) is 9.05. The number of ether oxygens (including phenoxy) is 2. The van der Waals surface area contributed by atoms with Gasteiger partial charge in [-0.2, -0.15) is 0 Å². The minimum atomic E-state index is -3.26. The zero-order chi connectivity index (χ0) is 18.4. The van der Waals surface area contributed by atoms with Gasteiger partial charge >= 0.3 is 7.60 Å². The maximum atomic E-state index is 12.8. The normalized spacial score (nSPS) is 12.2. The molecule has 8 heteroatoms. The second-order valence-electron chi connectivity index (χ2n) is 5.81. The summed E-state index contributed by atoms with van der Waals surface area (Å²) in [7, 11) is -2.44. The van der Waals surface area contributed by atoms with Crippen molar-refractivity contribution in [3.8, 4) is 11.5 Å². The van der Waals surface area contributed by atoms with Gasteiger partial charge in [0.25, 0.3) is 0 Å². The Kier molecular flexibility index (Phi) is 8.01. The van der Waals surface area contributed by atoms with Crippen molar-refractivity contribution in [1.29, 1.82) is 0 Å². The summed E-state index contributed by atoms with van der Waals surface area (Å²) >= 11 is 0. The quantitative estimate of drug-likeness (QED) is 0.555. The van der Waals surface area contributed by atoms with Crippen LogP contribution in [0, 0.1) is 0 Å². The Morgan fingerprint density at radius 1 is 0.833 bits per heavy atom. The van der Waals surface area contributed by atoms with Crippen LogP contribution in [-0.2, 0) is 30.5 Å². The van der Waals surface area contributed by atoms with Crippen molar-refractivity contribution in [2.45, 2.75) is 26.2 Å². The zero-order valence-corrected chi connectivity index (χ0v) is 17.1. The van der Waals surface area contributed by atoms with Crippen LogP contribution in [0.3, 0.4) is 0 Å². The van der Waals surface area contributed by atoms with Crippen LogP contribution in [0.2, 0.25) is 0 Å². The van der Waals surface area contributed by atoms with E-state index in [1.807, 2.05) is 0 Å². The Balaban J connectivity index is 3.28. The van der Waals surface area contributed by atoms with Gasteiger partial charge in [0.05, 0.1) is 40.7 Å². The van der Waals surface area contributed by atoms with Gasteiger partial charge in [-0.15, -0.1) is 0 Å². The molecule has 1 rings (SSSR count). The highest BCUT2D eigenvalue weighted by molar-refractivity contribution is 7.61. The standard InChI is InChI=1S/C16H28O6P2/c1-7-21-24(18,22-8-2)12-14-10-15(19-3)13(9-16(14)20-4)11-23(5,6)17/h9-10H,7-8,11-12H2,1-6H3. The predicted octanol–water partition coefficient (Wildman–Crippen LogP) is 4.59. The molecule has 0 aromatic heterocycles. The van der Waals surface area contributed by atoms with E-state index >= 15 is 0 Å². The van der Waals surface area contributed by atoms with E-state index in [4.69, 9.17) is 18.5 Å². The van der Waals surface area contributed by atoms with Crippen LogP contribution < -0.4 is 9.47 Å². The minimum Gasteiger partial charge on any atom is -0.496 e. The van der Waals surface area contributed by atoms with Crippen molar-refractivity contribution >= 4 is 14.7 Å². The average Bonchev–Trinajstić information content (AvgIpc) is 2.47. The van der Waals surface area contributed by atoms with Gasteiger partial charge < -0.3 is 23.1 Å². The van der Waals surface area contributed by atoms with E-state index in [9.17, 15) is 9.13 Å². The first-order valence-electron chi connectivity index (χ1n) is 7.84. The third kappa shape index (κ3) is 6.25. The Morgan fingerprint density at radius 2 is 1.25 bits per heavy atom. The molecule has 0 unspecified atom stereocenters. The number of benzene rings is 1. The van der Waals surface area contributed by atoms with E-state index in [0.717, 1.165) is 5.56 Å². The summed E-state index contributed by atoms with van der Waals surface area (Å²) in [6.45, 7) is 7.59. The van der Waals surface area contributed by atoms with Crippen molar-refractivity contribution in [1.82, 2.24) is 0 Å². The van der Waals surface area contributed by atoms with Crippen LogP contribution in [0.4, 0.5) is 0 Å². The lowest BCUT2D eigenvalue weighted by Crippen LogP contribution is -2.03. The molecule has 0 saturated heterocycles. The van der Waals surface area contributed by atoms with Gasteiger partial charge in [-0.25, -0.2) is 0 Å². The molecule has 0 N–H and O–H groups in total. The van der Waals surface area contributed by atoms with Gasteiger partial charge in [0.2, 0.25) is 0 Å². The molecule has 0 saturated carbocycles. The van der Waals surface area contributed by atoms with Gasteiger partial charge in [-0.3, -0.25) is 4.57 Å². The van der Waals surface area contributed by atoms with Crippen LogP contribution in [0.5, 0.6) is 11.5 Å². The molecule has 24 heavy (non-hydrogen) atoms. The van der Waals surface area contributed by atoms with Gasteiger partial charge in [0, 0.05) is 17.3 Å². The second-order valence-corrected chi connectivity index (χ2v) is 11.3. The molecule has 6 nitrogen and oxygen atoms in total. The predicted molar refractivity (Wildman–Crippen MR) is 97.3 cm³/mol. The van der Waals surface area contributed by atoms with Crippen LogP contribution in [0.15, 0.2) is 12.1 Å². The highest BCUT2D eigenvalue weighted by Gasteiger charge is 2.27. The van der Waals surface area contributed by atoms with Crippen LogP contribution in [0.25, 0.3) is 0 Å². The zero-order valence-electron chi connectivity index (χ0n) is 15.3. The lowest BCUT2D eigenvalue weighted by Gasteiger charge is -2.20. The summed E-state index contributed by atoms with van der Waals surface area (Å²) in [6, 6.07) is 3.55. The number of rotatable bonds is 10. The first-order chi connectivity index (χ1) is 11.2. The molecule has 1 aromatic carbocycles. The summed E-state index contributed by atoms with van der Waals surface area (Å²) < 4.78 is 46.5. The lowest BCUT2D eigenvalue weighted by molar-refractivity contribution is 0.219. The van der Waals surface area contributed by atoms with Gasteiger partial charge in [0.1, 0.15) is 11.5 Å². The minimum absolute atomic E-state index is 0.0877. The number of methoxy groups -OCH3 is 2. The molecule has 0 amide bonds. The molecular formula is C16H28O6P2. The van der Waals surface area contributed by atoms with Crippen molar-refractivity contribution < 1.29 is 27.7 Å². The Hall–Kier alpha value is -0.800. The Bertz CT molecular complexity index is 628. The maximum absolute atomic E-state index is 12.8. The molecule has 0 bridgehead atoms. The van der Waals surface area contributed by atoms with E-state index in [1.54, 1.807) is 53.5 Å². The summed E-state index contributed by atoms with van der Waals surface area (Å²) in [5, 5.41) is 0. The van der Waals surface area contributed by atoms with E-state index < -0.39 is 14.7 Å². The van der Waals surface area contributed by atoms with Crippen LogP contribution in [-0.4, -0.2) is 40.8 Å². The molecule has 0 spiro atoms. The van der Waals surface area contributed by atoms with Gasteiger partial charge in [0.15, 0.2) is 0 Å². The molecule has 0 atom stereocenters. The average molecular weight is 378 g/mol. The van der Waals surface area contributed by atoms with Crippen LogP contribution >= 0.6 is 14.7 Å². The largest absolute Gasteiger partial charge is 0.496 e. The van der Waals surface area contributed by atoms with E-state index in [2.05, 4.69) is 0 Å². The molecule has 0 heterocycles. The fourth-order valence-corrected chi connectivity index (χ4v) is 5.19. The number of hydrogen-bond donors (Lipinski definition) is 0. The third-order valence-corrected chi connectivity index (χ3v) is 6.38. The van der Waals surface area contributed by atoms with Crippen molar-refractivity contribution in [3.63, 3.8) is 0 Å². The summed E-state index contributed by atoms with van der Waals surface area (Å²) in [5.74, 6) is 1.15. The highest BCUT2D eigenvalue weighted by Crippen LogP contribution is 2.53. The molecule has 138 valence electrons. The Labute approximate surface area is 144 Å². The van der Waals surface area contributed by atoms with Crippen molar-refractivity contribution in [3.05, 3.63) is 23.3 Å². The Morgan fingerprint density at radius 3 is 1.58 bits per heavy atom. The number of hydrogen-bond acceptors (Lipinski definition) is 6. The van der Waals surface area contributed by atoms with Crippen LogP contribution in [0.1, 0.15) is 25.0 Å². The molecule has 0 aliphatic carbocycles. The maximum Gasteiger partial charge on any atom is 0.335 e. The lowest BCUT2D eigenvalue weighted by atomic mass is 10.1. The molecule has 0 aliphatic rings. The summed E-state index contributed by atoms with van der Waals surface area (Å²) in [5.41, 5.74) is 1.47. The first kappa shape index (κ1) is 21.2. The van der Waals surface area contributed by atoms with Gasteiger partial charge in [-0.05, 0) is 39.3 Å².